The molecular weight excluding hydrogens is 466 g/mol. The minimum Gasteiger partial charge on any atom is -0.509 e. The molecule has 0 amide bonds. The lowest BCUT2D eigenvalue weighted by Gasteiger charge is -2.34. The van der Waals surface area contributed by atoms with Gasteiger partial charge < -0.3 is 10.1 Å². The van der Waals surface area contributed by atoms with Crippen molar-refractivity contribution < 1.29 is 13.5 Å². The summed E-state index contributed by atoms with van der Waals surface area (Å²) in [6, 6.07) is 12.4. The quantitative estimate of drug-likeness (QED) is 0.413. The Morgan fingerprint density at radius 3 is 2.37 bits per heavy atom. The second-order valence-electron chi connectivity index (χ2n) is 8.77. The normalized spacial score (nSPS) is 16.2. The van der Waals surface area contributed by atoms with Crippen LogP contribution in [0.25, 0.3) is 16.5 Å². The SMILES string of the molecule is Cc1cc(C)c(S(=O)(=O)N2CCN(CC(O)=C(C#N)c3nc4ccccc4c(=O)[nH]3)CC2)c(C)c1. The lowest BCUT2D eigenvalue weighted by atomic mass is 10.1. The molecule has 0 aliphatic carbocycles. The van der Waals surface area contributed by atoms with Crippen LogP contribution in [0.1, 0.15) is 22.5 Å². The fourth-order valence-electron chi connectivity index (χ4n) is 4.58. The number of para-hydroxylation sites is 1. The van der Waals surface area contributed by atoms with Crippen LogP contribution in [-0.2, 0) is 10.0 Å². The molecule has 2 N–H and O–H groups in total. The van der Waals surface area contributed by atoms with Crippen molar-refractivity contribution in [3.05, 3.63) is 75.0 Å². The number of nitriles is 1. The predicted molar refractivity (Wildman–Crippen MR) is 133 cm³/mol. The summed E-state index contributed by atoms with van der Waals surface area (Å²) in [4.78, 5) is 21.5. The first kappa shape index (κ1) is 24.6. The van der Waals surface area contributed by atoms with Crippen molar-refractivity contribution >= 4 is 26.5 Å². The van der Waals surface area contributed by atoms with E-state index < -0.39 is 15.6 Å². The Hall–Kier alpha value is -3.52. The van der Waals surface area contributed by atoms with Crippen molar-refractivity contribution in [3.8, 4) is 6.07 Å². The number of allylic oxidation sites excluding steroid dienone is 1. The van der Waals surface area contributed by atoms with E-state index in [4.69, 9.17) is 0 Å². The summed E-state index contributed by atoms with van der Waals surface area (Å²) in [5, 5.41) is 20.7. The highest BCUT2D eigenvalue weighted by atomic mass is 32.2. The molecule has 0 atom stereocenters. The van der Waals surface area contributed by atoms with Crippen LogP contribution in [0.3, 0.4) is 0 Å². The standard InChI is InChI=1S/C25H27N5O4S/c1-16-12-17(2)23(18(3)13-16)35(33,34)30-10-8-29(9-11-30)15-22(31)20(14-26)24-27-21-7-5-4-6-19(21)25(32)28-24/h4-7,12-13,31H,8-11,15H2,1-3H3,(H,27,28,32). The van der Waals surface area contributed by atoms with Crippen LogP contribution in [0, 0.1) is 32.1 Å². The van der Waals surface area contributed by atoms with E-state index in [0.29, 0.717) is 28.9 Å². The summed E-state index contributed by atoms with van der Waals surface area (Å²) < 4.78 is 28.1. The molecular formula is C25H27N5O4S. The van der Waals surface area contributed by atoms with Crippen molar-refractivity contribution in [2.75, 3.05) is 32.7 Å². The molecule has 2 aromatic carbocycles. The number of aromatic nitrogens is 2. The highest BCUT2D eigenvalue weighted by Crippen LogP contribution is 2.26. The van der Waals surface area contributed by atoms with E-state index in [1.54, 1.807) is 38.1 Å². The molecule has 1 fully saturated rings. The van der Waals surface area contributed by atoms with Gasteiger partial charge in [-0.2, -0.15) is 9.57 Å². The second-order valence-corrected chi connectivity index (χ2v) is 10.6. The Morgan fingerprint density at radius 2 is 1.74 bits per heavy atom. The number of benzene rings is 2. The van der Waals surface area contributed by atoms with E-state index in [9.17, 15) is 23.6 Å². The highest BCUT2D eigenvalue weighted by Gasteiger charge is 2.31. The van der Waals surface area contributed by atoms with E-state index >= 15 is 0 Å². The fraction of sp³-hybridized carbons (Fsp3) is 0.320. The van der Waals surface area contributed by atoms with Gasteiger partial charge in [0.15, 0.2) is 5.82 Å². The third-order valence-corrected chi connectivity index (χ3v) is 8.36. The molecule has 3 aromatic rings. The molecule has 10 heteroatoms. The maximum Gasteiger partial charge on any atom is 0.259 e. The Balaban J connectivity index is 1.51. The van der Waals surface area contributed by atoms with Gasteiger partial charge in [0.1, 0.15) is 17.4 Å². The van der Waals surface area contributed by atoms with Crippen LogP contribution in [0.5, 0.6) is 0 Å². The number of hydrogen-bond acceptors (Lipinski definition) is 7. The number of aliphatic hydroxyl groups is 1. The van der Waals surface area contributed by atoms with Gasteiger partial charge in [0.05, 0.1) is 22.3 Å². The maximum absolute atomic E-state index is 13.3. The minimum absolute atomic E-state index is 0.000218. The molecule has 1 aliphatic heterocycles. The average Bonchev–Trinajstić information content (AvgIpc) is 2.79. The summed E-state index contributed by atoms with van der Waals surface area (Å²) in [5.74, 6) is -0.229. The highest BCUT2D eigenvalue weighted by molar-refractivity contribution is 7.89. The molecule has 0 spiro atoms. The molecule has 1 aromatic heterocycles. The molecule has 0 saturated carbocycles. The van der Waals surface area contributed by atoms with Crippen LogP contribution >= 0.6 is 0 Å². The largest absolute Gasteiger partial charge is 0.509 e. The molecule has 9 nitrogen and oxygen atoms in total. The molecule has 1 aliphatic rings. The van der Waals surface area contributed by atoms with Gasteiger partial charge in [0.25, 0.3) is 5.56 Å². The monoisotopic (exact) mass is 493 g/mol. The van der Waals surface area contributed by atoms with E-state index in [-0.39, 0.29) is 36.8 Å². The van der Waals surface area contributed by atoms with Gasteiger partial charge >= 0.3 is 0 Å². The lowest BCUT2D eigenvalue weighted by molar-refractivity contribution is 0.181. The van der Waals surface area contributed by atoms with Crippen molar-refractivity contribution in [2.24, 2.45) is 0 Å². The fourth-order valence-corrected chi connectivity index (χ4v) is 6.41. The average molecular weight is 494 g/mol. The van der Waals surface area contributed by atoms with Gasteiger partial charge in [-0.15, -0.1) is 0 Å². The van der Waals surface area contributed by atoms with Crippen LogP contribution in [0.4, 0.5) is 0 Å². The molecule has 0 bridgehead atoms. The molecule has 0 unspecified atom stereocenters. The maximum atomic E-state index is 13.3. The topological polar surface area (TPSA) is 130 Å². The number of hydrogen-bond donors (Lipinski definition) is 2. The molecule has 2 heterocycles. The molecule has 182 valence electrons. The van der Waals surface area contributed by atoms with Crippen LogP contribution in [-0.4, -0.2) is 65.4 Å². The van der Waals surface area contributed by atoms with Crippen LogP contribution in [0.15, 0.2) is 51.8 Å². The zero-order valence-electron chi connectivity index (χ0n) is 19.9. The number of aliphatic hydroxyl groups excluding tert-OH is 1. The number of sulfonamides is 1. The zero-order chi connectivity index (χ0) is 25.3. The number of aromatic amines is 1. The Bertz CT molecular complexity index is 1500. The summed E-state index contributed by atoms with van der Waals surface area (Å²) in [5.41, 5.74) is 2.37. The number of piperazine rings is 1. The summed E-state index contributed by atoms with van der Waals surface area (Å²) in [6.07, 6.45) is 0. The summed E-state index contributed by atoms with van der Waals surface area (Å²) in [6.45, 7) is 6.87. The van der Waals surface area contributed by atoms with Gasteiger partial charge in [-0.05, 0) is 44.0 Å². The molecule has 1 saturated heterocycles. The van der Waals surface area contributed by atoms with Gasteiger partial charge in [0, 0.05) is 26.2 Å². The third kappa shape index (κ3) is 4.84. The molecule has 4 rings (SSSR count). The zero-order valence-corrected chi connectivity index (χ0v) is 20.7. The first-order valence-electron chi connectivity index (χ1n) is 11.2. The Labute approximate surface area is 204 Å². The molecule has 35 heavy (non-hydrogen) atoms. The minimum atomic E-state index is -3.65. The summed E-state index contributed by atoms with van der Waals surface area (Å²) >= 11 is 0. The van der Waals surface area contributed by atoms with Gasteiger partial charge in [-0.3, -0.25) is 9.69 Å². The smallest absolute Gasteiger partial charge is 0.259 e. The number of nitrogens with zero attached hydrogens (tertiary/aromatic N) is 4. The number of H-pyrrole nitrogens is 1. The summed E-state index contributed by atoms with van der Waals surface area (Å²) in [7, 11) is -3.65. The third-order valence-electron chi connectivity index (χ3n) is 6.16. The number of aryl methyl sites for hydroxylation is 3. The number of fused-ring (bicyclic) bond motifs is 1. The van der Waals surface area contributed by atoms with Crippen LogP contribution < -0.4 is 5.56 Å². The first-order chi connectivity index (χ1) is 16.6. The first-order valence-corrected chi connectivity index (χ1v) is 12.7. The van der Waals surface area contributed by atoms with E-state index in [2.05, 4.69) is 9.97 Å². The van der Waals surface area contributed by atoms with Crippen molar-refractivity contribution in [3.63, 3.8) is 0 Å². The van der Waals surface area contributed by atoms with Crippen molar-refractivity contribution in [1.29, 1.82) is 5.26 Å². The number of rotatable bonds is 5. The van der Waals surface area contributed by atoms with Gasteiger partial charge in [0.2, 0.25) is 10.0 Å². The predicted octanol–water partition coefficient (Wildman–Crippen LogP) is 2.65. The van der Waals surface area contributed by atoms with Gasteiger partial charge in [-0.25, -0.2) is 13.4 Å². The van der Waals surface area contributed by atoms with Crippen molar-refractivity contribution in [2.45, 2.75) is 25.7 Å². The Kier molecular flexibility index (Phi) is 6.76. The second kappa shape index (κ2) is 9.62. The van der Waals surface area contributed by atoms with E-state index in [1.807, 2.05) is 30.0 Å². The van der Waals surface area contributed by atoms with E-state index in [0.717, 1.165) is 16.7 Å². The van der Waals surface area contributed by atoms with E-state index in [1.165, 1.54) is 4.31 Å². The van der Waals surface area contributed by atoms with Crippen LogP contribution in [0.2, 0.25) is 0 Å². The Morgan fingerprint density at radius 1 is 1.11 bits per heavy atom. The van der Waals surface area contributed by atoms with Crippen molar-refractivity contribution in [1.82, 2.24) is 19.2 Å². The van der Waals surface area contributed by atoms with Gasteiger partial charge in [-0.1, -0.05) is 29.8 Å². The number of nitrogens with one attached hydrogen (secondary N) is 1. The molecule has 0 radical (unpaired) electrons. The lowest BCUT2D eigenvalue weighted by Crippen LogP contribution is -2.49.